The highest BCUT2D eigenvalue weighted by Gasteiger charge is 2.31. The van der Waals surface area contributed by atoms with Gasteiger partial charge < -0.3 is 4.90 Å². The average molecular weight is 413 g/mol. The van der Waals surface area contributed by atoms with E-state index < -0.39 is 10.0 Å². The molecule has 7 heteroatoms. The molecule has 5 nitrogen and oxygen atoms in total. The molecule has 1 amide bonds. The van der Waals surface area contributed by atoms with Gasteiger partial charge in [-0.05, 0) is 60.7 Å². The first-order valence-corrected chi connectivity index (χ1v) is 11.4. The number of thiophene rings is 1. The van der Waals surface area contributed by atoms with Crippen LogP contribution in [0.25, 0.3) is 0 Å². The van der Waals surface area contributed by atoms with Gasteiger partial charge in [-0.15, -0.1) is 11.3 Å². The van der Waals surface area contributed by atoms with Crippen LogP contribution < -0.4 is 4.72 Å². The Bertz CT molecular complexity index is 1050. The third-order valence-corrected chi connectivity index (χ3v) is 7.19. The van der Waals surface area contributed by atoms with Gasteiger partial charge in [-0.1, -0.05) is 24.3 Å². The van der Waals surface area contributed by atoms with Crippen molar-refractivity contribution in [3.05, 3.63) is 82.6 Å². The molecule has 144 valence electrons. The third kappa shape index (κ3) is 3.81. The summed E-state index contributed by atoms with van der Waals surface area (Å²) in [5.74, 6) is -0.0594. The predicted molar refractivity (Wildman–Crippen MR) is 111 cm³/mol. The molecule has 1 atom stereocenters. The minimum absolute atomic E-state index is 0.0594. The fourth-order valence-electron chi connectivity index (χ4n) is 3.45. The third-order valence-electron chi connectivity index (χ3n) is 4.82. The lowest BCUT2D eigenvalue weighted by Gasteiger charge is -2.24. The highest BCUT2D eigenvalue weighted by Crippen LogP contribution is 2.35. The maximum Gasteiger partial charge on any atom is 0.261 e. The Labute approximate surface area is 168 Å². The van der Waals surface area contributed by atoms with Crippen LogP contribution >= 0.6 is 11.3 Å². The van der Waals surface area contributed by atoms with Crippen molar-refractivity contribution in [3.63, 3.8) is 0 Å². The molecule has 1 aromatic heterocycles. The molecule has 0 radical (unpaired) electrons. The zero-order chi connectivity index (χ0) is 19.6. The molecule has 1 aliphatic rings. The molecule has 3 aromatic rings. The molecule has 1 unspecified atom stereocenters. The standard InChI is InChI=1S/C21H20N2O3S2/c24-21(23-14-4-8-19(23)20-9-5-15-27-20)16-10-12-18(13-11-16)28(25,26)22-17-6-2-1-3-7-17/h1-3,5-7,9-13,15,19,22H,4,8,14H2. The first-order chi connectivity index (χ1) is 13.5. The number of benzene rings is 2. The SMILES string of the molecule is O=C(c1ccc(S(=O)(=O)Nc2ccccc2)cc1)N1CCCC1c1cccs1. The summed E-state index contributed by atoms with van der Waals surface area (Å²) in [6, 6.07) is 19.0. The zero-order valence-corrected chi connectivity index (χ0v) is 16.7. The van der Waals surface area contributed by atoms with E-state index in [4.69, 9.17) is 0 Å². The Morgan fingerprint density at radius 1 is 1.00 bits per heavy atom. The van der Waals surface area contributed by atoms with Crippen LogP contribution in [0.4, 0.5) is 5.69 Å². The van der Waals surface area contributed by atoms with Gasteiger partial charge in [0.25, 0.3) is 15.9 Å². The lowest BCUT2D eigenvalue weighted by Crippen LogP contribution is -2.30. The minimum Gasteiger partial charge on any atom is -0.331 e. The number of rotatable bonds is 5. The first-order valence-electron chi connectivity index (χ1n) is 9.07. The molecule has 0 saturated carbocycles. The number of carbonyl (C=O) groups is 1. The normalized spacial score (nSPS) is 16.9. The number of sulfonamides is 1. The number of likely N-dealkylation sites (tertiary alicyclic amines) is 1. The summed E-state index contributed by atoms with van der Waals surface area (Å²) in [5, 5.41) is 2.02. The van der Waals surface area contributed by atoms with Crippen molar-refractivity contribution in [2.24, 2.45) is 0 Å². The van der Waals surface area contributed by atoms with Crippen molar-refractivity contribution in [2.75, 3.05) is 11.3 Å². The van der Waals surface area contributed by atoms with E-state index in [2.05, 4.69) is 10.8 Å². The molecule has 1 saturated heterocycles. The lowest BCUT2D eigenvalue weighted by atomic mass is 10.1. The van der Waals surface area contributed by atoms with E-state index in [0.717, 1.165) is 19.4 Å². The number of hydrogen-bond acceptors (Lipinski definition) is 4. The van der Waals surface area contributed by atoms with E-state index in [1.54, 1.807) is 47.7 Å². The monoisotopic (exact) mass is 412 g/mol. The van der Waals surface area contributed by atoms with Crippen LogP contribution in [0.5, 0.6) is 0 Å². The van der Waals surface area contributed by atoms with E-state index in [1.807, 2.05) is 22.4 Å². The summed E-state index contributed by atoms with van der Waals surface area (Å²) in [6.07, 6.45) is 1.93. The summed E-state index contributed by atoms with van der Waals surface area (Å²) < 4.78 is 27.6. The molecule has 0 bridgehead atoms. The van der Waals surface area contributed by atoms with Crippen molar-refractivity contribution in [3.8, 4) is 0 Å². The molecule has 1 N–H and O–H groups in total. The Hall–Kier alpha value is -2.64. The van der Waals surface area contributed by atoms with Gasteiger partial charge in [-0.2, -0.15) is 0 Å². The maximum atomic E-state index is 13.0. The van der Waals surface area contributed by atoms with E-state index in [9.17, 15) is 13.2 Å². The van der Waals surface area contributed by atoms with Gasteiger partial charge in [0, 0.05) is 22.7 Å². The van der Waals surface area contributed by atoms with Gasteiger partial charge in [0.2, 0.25) is 0 Å². The van der Waals surface area contributed by atoms with Crippen molar-refractivity contribution >= 4 is 33.0 Å². The van der Waals surface area contributed by atoms with Gasteiger partial charge in [0.05, 0.1) is 10.9 Å². The first kappa shape index (κ1) is 18.7. The second kappa shape index (κ2) is 7.77. The molecule has 0 aliphatic carbocycles. The largest absolute Gasteiger partial charge is 0.331 e. The van der Waals surface area contributed by atoms with Gasteiger partial charge in [0.15, 0.2) is 0 Å². The molecule has 2 heterocycles. The van der Waals surface area contributed by atoms with Crippen molar-refractivity contribution in [2.45, 2.75) is 23.8 Å². The highest BCUT2D eigenvalue weighted by molar-refractivity contribution is 7.92. The maximum absolute atomic E-state index is 13.0. The Kier molecular flexibility index (Phi) is 5.19. The minimum atomic E-state index is -3.69. The summed E-state index contributed by atoms with van der Waals surface area (Å²) in [7, 11) is -3.69. The second-order valence-corrected chi connectivity index (χ2v) is 9.33. The molecule has 4 rings (SSSR count). The number of carbonyl (C=O) groups excluding carboxylic acids is 1. The van der Waals surface area contributed by atoms with E-state index >= 15 is 0 Å². The van der Waals surface area contributed by atoms with E-state index in [1.165, 1.54) is 17.0 Å². The fourth-order valence-corrected chi connectivity index (χ4v) is 5.38. The molecule has 1 aliphatic heterocycles. The molecular weight excluding hydrogens is 392 g/mol. The van der Waals surface area contributed by atoms with Crippen LogP contribution in [0.1, 0.15) is 34.1 Å². The number of nitrogens with one attached hydrogen (secondary N) is 1. The highest BCUT2D eigenvalue weighted by atomic mass is 32.2. The number of para-hydroxylation sites is 1. The van der Waals surface area contributed by atoms with Crippen LogP contribution in [0.15, 0.2) is 77.0 Å². The van der Waals surface area contributed by atoms with Gasteiger partial charge in [-0.25, -0.2) is 8.42 Å². The summed E-state index contributed by atoms with van der Waals surface area (Å²) >= 11 is 1.66. The number of anilines is 1. The second-order valence-electron chi connectivity index (χ2n) is 6.67. The van der Waals surface area contributed by atoms with Gasteiger partial charge in [0.1, 0.15) is 0 Å². The van der Waals surface area contributed by atoms with Crippen LogP contribution in [-0.2, 0) is 10.0 Å². The Morgan fingerprint density at radius 2 is 1.75 bits per heavy atom. The smallest absolute Gasteiger partial charge is 0.261 e. The fraction of sp³-hybridized carbons (Fsp3) is 0.190. The summed E-state index contributed by atoms with van der Waals surface area (Å²) in [4.78, 5) is 16.2. The molecule has 28 heavy (non-hydrogen) atoms. The summed E-state index contributed by atoms with van der Waals surface area (Å²) in [6.45, 7) is 0.719. The van der Waals surface area contributed by atoms with E-state index in [0.29, 0.717) is 11.3 Å². The quantitative estimate of drug-likeness (QED) is 0.670. The zero-order valence-electron chi connectivity index (χ0n) is 15.1. The topological polar surface area (TPSA) is 66.5 Å². The number of nitrogens with zero attached hydrogens (tertiary/aromatic N) is 1. The predicted octanol–water partition coefficient (Wildman–Crippen LogP) is 4.53. The van der Waals surface area contributed by atoms with Gasteiger partial charge >= 0.3 is 0 Å². The molecule has 1 fully saturated rings. The Morgan fingerprint density at radius 3 is 2.43 bits per heavy atom. The Balaban J connectivity index is 1.52. The average Bonchev–Trinajstić information content (AvgIpc) is 3.39. The molecule has 2 aromatic carbocycles. The van der Waals surface area contributed by atoms with Crippen LogP contribution in [0, 0.1) is 0 Å². The van der Waals surface area contributed by atoms with E-state index in [-0.39, 0.29) is 16.8 Å². The number of amides is 1. The van der Waals surface area contributed by atoms with Crippen molar-refractivity contribution < 1.29 is 13.2 Å². The molecule has 0 spiro atoms. The lowest BCUT2D eigenvalue weighted by molar-refractivity contribution is 0.0738. The molecular formula is C21H20N2O3S2. The number of hydrogen-bond donors (Lipinski definition) is 1. The van der Waals surface area contributed by atoms with Crippen LogP contribution in [-0.4, -0.2) is 25.8 Å². The van der Waals surface area contributed by atoms with Crippen LogP contribution in [0.2, 0.25) is 0 Å². The van der Waals surface area contributed by atoms with Crippen molar-refractivity contribution in [1.29, 1.82) is 0 Å². The van der Waals surface area contributed by atoms with Crippen LogP contribution in [0.3, 0.4) is 0 Å². The van der Waals surface area contributed by atoms with Gasteiger partial charge in [-0.3, -0.25) is 9.52 Å². The summed E-state index contributed by atoms with van der Waals surface area (Å²) in [5.41, 5.74) is 1.00. The van der Waals surface area contributed by atoms with Crippen molar-refractivity contribution in [1.82, 2.24) is 4.90 Å².